The number of rotatable bonds is 7. The van der Waals surface area contributed by atoms with Crippen molar-refractivity contribution in [2.75, 3.05) is 27.4 Å². The Morgan fingerprint density at radius 1 is 1.15 bits per heavy atom. The van der Waals surface area contributed by atoms with Gasteiger partial charge in [0.1, 0.15) is 5.75 Å². The molecule has 1 aliphatic heterocycles. The van der Waals surface area contributed by atoms with Gasteiger partial charge in [0.2, 0.25) is 5.91 Å². The SMILES string of the molecule is COc1ccc(CCNC(=O)/C=C/c2ccc3c(c2)CCO3)cc1OC. The zero-order chi connectivity index (χ0) is 18.4. The van der Waals surface area contributed by atoms with Gasteiger partial charge in [0.25, 0.3) is 0 Å². The highest BCUT2D eigenvalue weighted by atomic mass is 16.5. The average Bonchev–Trinajstić information content (AvgIpc) is 3.14. The minimum atomic E-state index is -0.109. The van der Waals surface area contributed by atoms with Gasteiger partial charge >= 0.3 is 0 Å². The van der Waals surface area contributed by atoms with E-state index in [1.165, 1.54) is 5.56 Å². The molecule has 0 spiro atoms. The van der Waals surface area contributed by atoms with Gasteiger partial charge in [-0.3, -0.25) is 4.79 Å². The number of methoxy groups -OCH3 is 2. The minimum absolute atomic E-state index is 0.109. The Bertz CT molecular complexity index is 814. The number of amides is 1. The predicted molar refractivity (Wildman–Crippen MR) is 101 cm³/mol. The van der Waals surface area contributed by atoms with Crippen molar-refractivity contribution in [3.8, 4) is 17.2 Å². The van der Waals surface area contributed by atoms with Gasteiger partial charge < -0.3 is 19.5 Å². The summed E-state index contributed by atoms with van der Waals surface area (Å²) < 4.78 is 16.0. The maximum absolute atomic E-state index is 12.0. The van der Waals surface area contributed by atoms with Crippen LogP contribution >= 0.6 is 0 Å². The lowest BCUT2D eigenvalue weighted by Gasteiger charge is -2.09. The maximum Gasteiger partial charge on any atom is 0.244 e. The Morgan fingerprint density at radius 3 is 2.81 bits per heavy atom. The monoisotopic (exact) mass is 353 g/mol. The molecule has 0 aromatic heterocycles. The van der Waals surface area contributed by atoms with Crippen LogP contribution in [0.2, 0.25) is 0 Å². The van der Waals surface area contributed by atoms with E-state index >= 15 is 0 Å². The molecule has 136 valence electrons. The van der Waals surface area contributed by atoms with E-state index < -0.39 is 0 Å². The molecule has 0 radical (unpaired) electrons. The molecule has 0 bridgehead atoms. The van der Waals surface area contributed by atoms with E-state index in [0.29, 0.717) is 18.0 Å². The van der Waals surface area contributed by atoms with E-state index in [0.717, 1.165) is 36.3 Å². The maximum atomic E-state index is 12.0. The first-order chi connectivity index (χ1) is 12.7. The number of ether oxygens (including phenoxy) is 3. The lowest BCUT2D eigenvalue weighted by molar-refractivity contribution is -0.116. The summed E-state index contributed by atoms with van der Waals surface area (Å²) in [7, 11) is 3.22. The molecule has 0 saturated heterocycles. The fourth-order valence-electron chi connectivity index (χ4n) is 2.91. The second-order valence-electron chi connectivity index (χ2n) is 6.03. The predicted octanol–water partition coefficient (Wildman–Crippen LogP) is 3.01. The summed E-state index contributed by atoms with van der Waals surface area (Å²) in [5.74, 6) is 2.23. The van der Waals surface area contributed by atoms with E-state index in [1.807, 2.05) is 36.4 Å². The van der Waals surface area contributed by atoms with Crippen molar-refractivity contribution in [3.63, 3.8) is 0 Å². The summed E-state index contributed by atoms with van der Waals surface area (Å²) in [5.41, 5.74) is 3.27. The highest BCUT2D eigenvalue weighted by Gasteiger charge is 2.11. The summed E-state index contributed by atoms with van der Waals surface area (Å²) >= 11 is 0. The molecular weight excluding hydrogens is 330 g/mol. The van der Waals surface area contributed by atoms with Gasteiger partial charge in [0.05, 0.1) is 20.8 Å². The van der Waals surface area contributed by atoms with Crippen molar-refractivity contribution in [2.24, 2.45) is 0 Å². The van der Waals surface area contributed by atoms with Gasteiger partial charge in [0.15, 0.2) is 11.5 Å². The molecule has 1 N–H and O–H groups in total. The number of carbonyl (C=O) groups is 1. The van der Waals surface area contributed by atoms with Crippen LogP contribution in [-0.2, 0) is 17.6 Å². The van der Waals surface area contributed by atoms with Gasteiger partial charge in [-0.05, 0) is 53.5 Å². The van der Waals surface area contributed by atoms with Crippen LogP contribution in [0, 0.1) is 0 Å². The lowest BCUT2D eigenvalue weighted by atomic mass is 10.1. The largest absolute Gasteiger partial charge is 0.493 e. The zero-order valence-corrected chi connectivity index (χ0v) is 15.1. The van der Waals surface area contributed by atoms with Crippen molar-refractivity contribution in [2.45, 2.75) is 12.8 Å². The second-order valence-corrected chi connectivity index (χ2v) is 6.03. The Morgan fingerprint density at radius 2 is 2.00 bits per heavy atom. The Balaban J connectivity index is 1.50. The molecule has 0 saturated carbocycles. The molecule has 3 rings (SSSR count). The molecule has 2 aromatic carbocycles. The van der Waals surface area contributed by atoms with Crippen molar-refractivity contribution >= 4 is 12.0 Å². The lowest BCUT2D eigenvalue weighted by Crippen LogP contribution is -2.23. The first kappa shape index (κ1) is 17.9. The highest BCUT2D eigenvalue weighted by Crippen LogP contribution is 2.28. The van der Waals surface area contributed by atoms with Crippen LogP contribution in [-0.4, -0.2) is 33.3 Å². The summed E-state index contributed by atoms with van der Waals surface area (Å²) in [6.45, 7) is 1.29. The quantitative estimate of drug-likeness (QED) is 0.778. The van der Waals surface area contributed by atoms with E-state index in [2.05, 4.69) is 11.4 Å². The van der Waals surface area contributed by atoms with Crippen LogP contribution in [0.4, 0.5) is 0 Å². The molecule has 1 heterocycles. The first-order valence-electron chi connectivity index (χ1n) is 8.62. The Kier molecular flexibility index (Phi) is 5.79. The van der Waals surface area contributed by atoms with E-state index in [9.17, 15) is 4.79 Å². The smallest absolute Gasteiger partial charge is 0.244 e. The topological polar surface area (TPSA) is 56.8 Å². The molecule has 5 nitrogen and oxygen atoms in total. The molecule has 1 aliphatic rings. The van der Waals surface area contributed by atoms with Crippen LogP contribution in [0.3, 0.4) is 0 Å². The molecular formula is C21H23NO4. The Hall–Kier alpha value is -2.95. The van der Waals surface area contributed by atoms with Gasteiger partial charge in [-0.2, -0.15) is 0 Å². The second kappa shape index (κ2) is 8.43. The fourth-order valence-corrected chi connectivity index (χ4v) is 2.91. The summed E-state index contributed by atoms with van der Waals surface area (Å²) in [6, 6.07) is 11.7. The third-order valence-corrected chi connectivity index (χ3v) is 4.30. The van der Waals surface area contributed by atoms with Crippen LogP contribution in [0.1, 0.15) is 16.7 Å². The number of nitrogens with one attached hydrogen (secondary N) is 1. The number of carbonyl (C=O) groups excluding carboxylic acids is 1. The minimum Gasteiger partial charge on any atom is -0.493 e. The third kappa shape index (κ3) is 4.36. The fraction of sp³-hybridized carbons (Fsp3) is 0.286. The van der Waals surface area contributed by atoms with E-state index in [4.69, 9.17) is 14.2 Å². The molecule has 26 heavy (non-hydrogen) atoms. The van der Waals surface area contributed by atoms with Gasteiger partial charge in [-0.1, -0.05) is 12.1 Å². The van der Waals surface area contributed by atoms with Crippen LogP contribution in [0.5, 0.6) is 17.2 Å². The summed E-state index contributed by atoms with van der Waals surface area (Å²) in [6.07, 6.45) is 5.03. The standard InChI is InChI=1S/C21H23NO4/c1-24-19-7-4-16(14-20(19)25-2)9-11-22-21(23)8-5-15-3-6-18-17(13-15)10-12-26-18/h3-8,13-14H,9-12H2,1-2H3,(H,22,23)/b8-5+. The molecule has 5 heteroatoms. The molecule has 0 aliphatic carbocycles. The van der Waals surface area contributed by atoms with Crippen LogP contribution < -0.4 is 19.5 Å². The number of benzene rings is 2. The van der Waals surface area contributed by atoms with Crippen LogP contribution in [0.25, 0.3) is 6.08 Å². The number of hydrogen-bond donors (Lipinski definition) is 1. The average molecular weight is 353 g/mol. The normalized spacial score (nSPS) is 12.5. The van der Waals surface area contributed by atoms with Crippen molar-refractivity contribution < 1.29 is 19.0 Å². The third-order valence-electron chi connectivity index (χ3n) is 4.30. The van der Waals surface area contributed by atoms with Crippen LogP contribution in [0.15, 0.2) is 42.5 Å². The van der Waals surface area contributed by atoms with Gasteiger partial charge in [-0.15, -0.1) is 0 Å². The molecule has 0 atom stereocenters. The highest BCUT2D eigenvalue weighted by molar-refractivity contribution is 5.91. The molecule has 2 aromatic rings. The molecule has 0 fully saturated rings. The zero-order valence-electron chi connectivity index (χ0n) is 15.1. The summed E-state index contributed by atoms with van der Waals surface area (Å²) in [4.78, 5) is 12.0. The van der Waals surface area contributed by atoms with Crippen molar-refractivity contribution in [3.05, 3.63) is 59.2 Å². The van der Waals surface area contributed by atoms with Crippen molar-refractivity contribution in [1.29, 1.82) is 0 Å². The summed E-state index contributed by atoms with van der Waals surface area (Å²) in [5, 5.41) is 2.90. The van der Waals surface area contributed by atoms with Gasteiger partial charge in [0, 0.05) is 19.0 Å². The molecule has 0 unspecified atom stereocenters. The first-order valence-corrected chi connectivity index (χ1v) is 8.62. The van der Waals surface area contributed by atoms with E-state index in [-0.39, 0.29) is 5.91 Å². The number of fused-ring (bicyclic) bond motifs is 1. The van der Waals surface area contributed by atoms with Gasteiger partial charge in [-0.25, -0.2) is 0 Å². The van der Waals surface area contributed by atoms with Crippen molar-refractivity contribution in [1.82, 2.24) is 5.32 Å². The van der Waals surface area contributed by atoms with E-state index in [1.54, 1.807) is 20.3 Å². The Labute approximate surface area is 153 Å². The number of hydrogen-bond acceptors (Lipinski definition) is 4. The molecule has 1 amide bonds.